The summed E-state index contributed by atoms with van der Waals surface area (Å²) in [6.07, 6.45) is -4.66. The second-order valence-corrected chi connectivity index (χ2v) is 12.2. The molecule has 2 aliphatic rings. The van der Waals surface area contributed by atoms with Crippen LogP contribution in [-0.2, 0) is 15.8 Å². The zero-order valence-corrected chi connectivity index (χ0v) is 24.6. The number of rotatable bonds is 9. The van der Waals surface area contributed by atoms with Crippen molar-refractivity contribution in [3.63, 3.8) is 0 Å². The van der Waals surface area contributed by atoms with Crippen LogP contribution >= 0.6 is 11.3 Å². The fourth-order valence-corrected chi connectivity index (χ4v) is 6.02. The van der Waals surface area contributed by atoms with E-state index < -0.39 is 53.2 Å². The number of nitrogens with one attached hydrogen (secondary N) is 1. The van der Waals surface area contributed by atoms with E-state index in [0.717, 1.165) is 41.7 Å². The van der Waals surface area contributed by atoms with Crippen molar-refractivity contribution >= 4 is 34.1 Å². The van der Waals surface area contributed by atoms with Gasteiger partial charge in [-0.2, -0.15) is 18.3 Å². The molecule has 0 saturated heterocycles. The predicted molar refractivity (Wildman–Crippen MR) is 151 cm³/mol. The first kappa shape index (κ1) is 30.7. The van der Waals surface area contributed by atoms with Crippen LogP contribution < -0.4 is 20.5 Å². The molecule has 1 fully saturated rings. The fraction of sp³-hybridized carbons (Fsp3) is 0.379. The Morgan fingerprint density at radius 3 is 2.60 bits per heavy atom. The second-order valence-electron chi connectivity index (χ2n) is 11.3. The number of carbonyl (C=O) groups excluding carboxylic acids is 2. The van der Waals surface area contributed by atoms with E-state index in [4.69, 9.17) is 15.2 Å². The van der Waals surface area contributed by atoms with Crippen LogP contribution in [0.2, 0.25) is 0 Å². The van der Waals surface area contributed by atoms with Crippen LogP contribution in [0.5, 0.6) is 11.5 Å². The molecule has 4 aromatic rings. The van der Waals surface area contributed by atoms with Gasteiger partial charge in [-0.3, -0.25) is 14.3 Å². The molecule has 0 radical (unpaired) electrons. The third kappa shape index (κ3) is 5.14. The van der Waals surface area contributed by atoms with Crippen molar-refractivity contribution in [1.82, 2.24) is 20.1 Å². The molecule has 0 bridgehead atoms. The third-order valence-corrected chi connectivity index (χ3v) is 9.07. The molecule has 1 aliphatic heterocycles. The minimum absolute atomic E-state index is 0.0119. The summed E-state index contributed by atoms with van der Waals surface area (Å²) >= 11 is 0.770. The number of fused-ring (bicyclic) bond motifs is 2. The van der Waals surface area contributed by atoms with Crippen molar-refractivity contribution in [2.75, 3.05) is 20.3 Å². The van der Waals surface area contributed by atoms with Crippen LogP contribution in [0.25, 0.3) is 21.5 Å². The monoisotopic (exact) mass is 651 g/mol. The molecule has 16 heteroatoms. The number of pyridine rings is 1. The molecule has 3 aromatic heterocycles. The van der Waals surface area contributed by atoms with Gasteiger partial charge in [0.1, 0.15) is 29.0 Å². The van der Waals surface area contributed by atoms with Gasteiger partial charge in [0.05, 0.1) is 30.3 Å². The number of ether oxygens (including phenoxy) is 2. The molecule has 2 atom stereocenters. The van der Waals surface area contributed by atoms with Gasteiger partial charge in [0.2, 0.25) is 11.5 Å². The lowest BCUT2D eigenvalue weighted by molar-refractivity contribution is -0.265. The van der Waals surface area contributed by atoms with Crippen LogP contribution in [0, 0.1) is 0 Å². The maximum atomic E-state index is 14.7. The molecule has 238 valence electrons. The van der Waals surface area contributed by atoms with E-state index >= 15 is 0 Å². The normalized spacial score (nSPS) is 19.3. The van der Waals surface area contributed by atoms with Gasteiger partial charge >= 0.3 is 6.18 Å². The van der Waals surface area contributed by atoms with Crippen molar-refractivity contribution < 1.29 is 46.1 Å². The fourth-order valence-electron chi connectivity index (χ4n) is 5.14. The molecule has 2 amide bonds. The SMILES string of the molecule is COc1cc(C(=O)NC[C@](O)(c2cc3c(c(-c4cc(C(F)F)cs4)n2)OC[C@]3(C)C(N)=O)C(F)(F)F)cc2cn(C3CC3)nc12. The van der Waals surface area contributed by atoms with Crippen molar-refractivity contribution in [3.05, 3.63) is 58.2 Å². The Morgan fingerprint density at radius 1 is 1.27 bits per heavy atom. The number of carbonyl (C=O) groups is 2. The Labute approximate surface area is 255 Å². The summed E-state index contributed by atoms with van der Waals surface area (Å²) in [5.41, 5.74) is -1.21. The van der Waals surface area contributed by atoms with Gasteiger partial charge in [-0.1, -0.05) is 0 Å². The number of nitrogens with zero attached hydrogens (tertiary/aromatic N) is 3. The van der Waals surface area contributed by atoms with E-state index in [2.05, 4.69) is 15.4 Å². The van der Waals surface area contributed by atoms with E-state index in [1.807, 2.05) is 0 Å². The lowest BCUT2D eigenvalue weighted by Crippen LogP contribution is -2.51. The summed E-state index contributed by atoms with van der Waals surface area (Å²) in [5, 5.41) is 19.5. The Bertz CT molecular complexity index is 1840. The number of amides is 2. The number of thiophene rings is 1. The number of aromatic nitrogens is 3. The molecule has 1 saturated carbocycles. The number of hydrogen-bond donors (Lipinski definition) is 3. The van der Waals surface area contributed by atoms with Gasteiger partial charge in [0.25, 0.3) is 12.3 Å². The highest BCUT2D eigenvalue weighted by Gasteiger charge is 2.58. The van der Waals surface area contributed by atoms with E-state index in [0.29, 0.717) is 10.9 Å². The van der Waals surface area contributed by atoms with Crippen molar-refractivity contribution in [2.24, 2.45) is 5.73 Å². The first-order valence-corrected chi connectivity index (χ1v) is 14.5. The Hall–Kier alpha value is -4.31. The van der Waals surface area contributed by atoms with Crippen molar-refractivity contribution in [3.8, 4) is 22.1 Å². The lowest BCUT2D eigenvalue weighted by atomic mass is 9.82. The summed E-state index contributed by atoms with van der Waals surface area (Å²) in [7, 11) is 1.37. The minimum Gasteiger partial charge on any atom is -0.494 e. The number of benzene rings is 1. The topological polar surface area (TPSA) is 142 Å². The van der Waals surface area contributed by atoms with Crippen LogP contribution in [-0.4, -0.2) is 58.1 Å². The summed E-state index contributed by atoms with van der Waals surface area (Å²) in [6.45, 7) is -0.397. The third-order valence-electron chi connectivity index (χ3n) is 8.11. The van der Waals surface area contributed by atoms with Gasteiger partial charge < -0.3 is 25.6 Å². The summed E-state index contributed by atoms with van der Waals surface area (Å²) in [6, 6.07) is 4.88. The molecular weight excluding hydrogens is 625 g/mol. The molecular formula is C29H26F5N5O5S. The zero-order valence-electron chi connectivity index (χ0n) is 23.7. The Kier molecular flexibility index (Phi) is 7.27. The number of alkyl halides is 5. The van der Waals surface area contributed by atoms with Gasteiger partial charge in [0, 0.05) is 33.7 Å². The molecule has 0 spiro atoms. The first-order valence-electron chi connectivity index (χ1n) is 13.7. The maximum Gasteiger partial charge on any atom is 0.424 e. The van der Waals surface area contributed by atoms with Crippen LogP contribution in [0.1, 0.15) is 59.4 Å². The van der Waals surface area contributed by atoms with E-state index in [1.165, 1.54) is 26.2 Å². The lowest BCUT2D eigenvalue weighted by Gasteiger charge is -2.31. The zero-order chi connectivity index (χ0) is 32.5. The number of nitrogens with two attached hydrogens (primary N) is 1. The molecule has 1 aromatic carbocycles. The maximum absolute atomic E-state index is 14.7. The predicted octanol–water partition coefficient (Wildman–Crippen LogP) is 4.76. The van der Waals surface area contributed by atoms with Gasteiger partial charge in [-0.25, -0.2) is 13.8 Å². The Balaban J connectivity index is 1.40. The molecule has 10 nitrogen and oxygen atoms in total. The largest absolute Gasteiger partial charge is 0.494 e. The number of halogens is 5. The standard InChI is InChI=1S/C29H26F5N5O5S/c1-27(26(35)41)12-44-23-17(27)8-20(37-22(23)19-7-15(10-45-19)24(30)31)28(42,29(32,33)34)11-36-25(40)13-5-14-9-39(16-3-4-16)38-21(14)18(6-13)43-2/h5-10,16,24,42H,3-4,11-12H2,1-2H3,(H2,35,41)(H,36,40)/t27-,28-/m0/s1. The first-order chi connectivity index (χ1) is 21.2. The van der Waals surface area contributed by atoms with Crippen molar-refractivity contribution in [1.29, 1.82) is 0 Å². The van der Waals surface area contributed by atoms with E-state index in [9.17, 15) is 36.6 Å². The second kappa shape index (κ2) is 10.7. The minimum atomic E-state index is -5.40. The van der Waals surface area contributed by atoms with Crippen LogP contribution in [0.15, 0.2) is 35.8 Å². The average molecular weight is 652 g/mol. The molecule has 0 unspecified atom stereocenters. The quantitative estimate of drug-likeness (QED) is 0.222. The molecule has 1 aliphatic carbocycles. The number of aliphatic hydroxyl groups is 1. The van der Waals surface area contributed by atoms with Gasteiger partial charge in [-0.15, -0.1) is 11.3 Å². The number of methoxy groups -OCH3 is 1. The van der Waals surface area contributed by atoms with Crippen molar-refractivity contribution in [2.45, 2.75) is 49.4 Å². The molecule has 4 N–H and O–H groups in total. The highest BCUT2D eigenvalue weighted by Crippen LogP contribution is 2.49. The van der Waals surface area contributed by atoms with Crippen LogP contribution in [0.3, 0.4) is 0 Å². The average Bonchev–Trinajstić information content (AvgIpc) is 3.39. The molecule has 4 heterocycles. The number of primary amides is 1. The Morgan fingerprint density at radius 2 is 2.00 bits per heavy atom. The highest BCUT2D eigenvalue weighted by atomic mass is 32.1. The van der Waals surface area contributed by atoms with Crippen LogP contribution in [0.4, 0.5) is 22.0 Å². The van der Waals surface area contributed by atoms with Gasteiger partial charge in [0.15, 0.2) is 5.75 Å². The molecule has 6 rings (SSSR count). The smallest absolute Gasteiger partial charge is 0.424 e. The highest BCUT2D eigenvalue weighted by molar-refractivity contribution is 7.13. The summed E-state index contributed by atoms with van der Waals surface area (Å²) in [4.78, 5) is 29.7. The van der Waals surface area contributed by atoms with E-state index in [1.54, 1.807) is 10.9 Å². The van der Waals surface area contributed by atoms with E-state index in [-0.39, 0.29) is 45.8 Å². The summed E-state index contributed by atoms with van der Waals surface area (Å²) < 4.78 is 83.6. The molecule has 45 heavy (non-hydrogen) atoms. The number of hydrogen-bond acceptors (Lipinski definition) is 8. The van der Waals surface area contributed by atoms with Gasteiger partial charge in [-0.05, 0) is 44.0 Å². The summed E-state index contributed by atoms with van der Waals surface area (Å²) in [5.74, 6) is -1.77.